The molecule has 1 heterocycles. The van der Waals surface area contributed by atoms with Gasteiger partial charge >= 0.3 is 0 Å². The molecule has 0 saturated heterocycles. The van der Waals surface area contributed by atoms with Gasteiger partial charge in [-0.15, -0.1) is 0 Å². The van der Waals surface area contributed by atoms with E-state index in [1.807, 2.05) is 0 Å². The van der Waals surface area contributed by atoms with Crippen LogP contribution in [0.15, 0.2) is 48.5 Å². The summed E-state index contributed by atoms with van der Waals surface area (Å²) in [6, 6.07) is 17.6. The largest absolute Gasteiger partial charge is 0.308 e. The third-order valence-electron chi connectivity index (χ3n) is 3.74. The molecule has 1 aliphatic rings. The molecular formula is C18H23N3. The number of nitrogens with zero attached hydrogens (tertiary/aromatic N) is 2. The summed E-state index contributed by atoms with van der Waals surface area (Å²) in [6.45, 7) is 2.72. The quantitative estimate of drug-likeness (QED) is 0.845. The minimum absolute atomic E-state index is 0.733. The van der Waals surface area contributed by atoms with Crippen molar-refractivity contribution in [2.24, 2.45) is 0 Å². The fourth-order valence-corrected chi connectivity index (χ4v) is 2.48. The van der Waals surface area contributed by atoms with Gasteiger partial charge in [-0.25, -0.2) is 0 Å². The lowest BCUT2D eigenvalue weighted by molar-refractivity contribution is 0.314. The van der Waals surface area contributed by atoms with E-state index in [1.54, 1.807) is 0 Å². The zero-order valence-corrected chi connectivity index (χ0v) is 12.6. The minimum atomic E-state index is 0.733. The molecule has 1 aromatic heterocycles. The van der Waals surface area contributed by atoms with Crippen molar-refractivity contribution in [2.45, 2.75) is 38.5 Å². The summed E-state index contributed by atoms with van der Waals surface area (Å²) < 4.78 is 0. The first-order valence-corrected chi connectivity index (χ1v) is 7.70. The lowest BCUT2D eigenvalue weighted by Gasteiger charge is -2.16. The molecule has 0 unspecified atom stereocenters. The van der Waals surface area contributed by atoms with Crippen LogP contribution in [0.4, 0.5) is 0 Å². The van der Waals surface area contributed by atoms with Crippen molar-refractivity contribution in [1.82, 2.24) is 15.2 Å². The van der Waals surface area contributed by atoms with Gasteiger partial charge in [-0.2, -0.15) is 0 Å². The van der Waals surface area contributed by atoms with Gasteiger partial charge < -0.3 is 5.32 Å². The molecule has 1 aromatic carbocycles. The van der Waals surface area contributed by atoms with Gasteiger partial charge in [0.05, 0.1) is 11.4 Å². The average molecular weight is 281 g/mol. The van der Waals surface area contributed by atoms with Crippen molar-refractivity contribution in [1.29, 1.82) is 0 Å². The molecule has 2 aromatic rings. The Kier molecular flexibility index (Phi) is 4.63. The predicted octanol–water partition coefficient (Wildman–Crippen LogP) is 2.97. The smallest absolute Gasteiger partial charge is 0.0547 e. The van der Waals surface area contributed by atoms with Gasteiger partial charge in [-0.05, 0) is 37.6 Å². The molecular weight excluding hydrogens is 258 g/mol. The molecule has 110 valence electrons. The highest BCUT2D eigenvalue weighted by Crippen LogP contribution is 2.19. The van der Waals surface area contributed by atoms with Gasteiger partial charge in [0.2, 0.25) is 0 Å². The van der Waals surface area contributed by atoms with Crippen LogP contribution in [0.25, 0.3) is 0 Å². The number of rotatable bonds is 7. The summed E-state index contributed by atoms with van der Waals surface area (Å²) in [7, 11) is 2.14. The van der Waals surface area contributed by atoms with Crippen LogP contribution in [0.5, 0.6) is 0 Å². The lowest BCUT2D eigenvalue weighted by Crippen LogP contribution is -2.20. The summed E-state index contributed by atoms with van der Waals surface area (Å²) in [4.78, 5) is 7.05. The van der Waals surface area contributed by atoms with Crippen molar-refractivity contribution < 1.29 is 0 Å². The summed E-state index contributed by atoms with van der Waals surface area (Å²) in [5.74, 6) is 0. The fourth-order valence-electron chi connectivity index (χ4n) is 2.48. The lowest BCUT2D eigenvalue weighted by atomic mass is 10.2. The zero-order valence-electron chi connectivity index (χ0n) is 12.6. The molecule has 3 rings (SSSR count). The Morgan fingerprint density at radius 1 is 1.00 bits per heavy atom. The Labute approximate surface area is 127 Å². The third-order valence-corrected chi connectivity index (χ3v) is 3.74. The van der Waals surface area contributed by atoms with E-state index in [-0.39, 0.29) is 0 Å². The maximum atomic E-state index is 4.75. The van der Waals surface area contributed by atoms with E-state index in [0.29, 0.717) is 0 Å². The van der Waals surface area contributed by atoms with E-state index in [9.17, 15) is 0 Å². The first-order chi connectivity index (χ1) is 10.3. The summed E-state index contributed by atoms with van der Waals surface area (Å²) >= 11 is 0. The minimum Gasteiger partial charge on any atom is -0.308 e. The van der Waals surface area contributed by atoms with Crippen molar-refractivity contribution in [3.8, 4) is 0 Å². The van der Waals surface area contributed by atoms with E-state index < -0.39 is 0 Å². The van der Waals surface area contributed by atoms with Crippen LogP contribution in [-0.2, 0) is 19.6 Å². The summed E-state index contributed by atoms with van der Waals surface area (Å²) in [6.07, 6.45) is 2.64. The Balaban J connectivity index is 1.54. The van der Waals surface area contributed by atoms with Crippen molar-refractivity contribution in [2.75, 3.05) is 7.05 Å². The van der Waals surface area contributed by atoms with Crippen molar-refractivity contribution in [3.63, 3.8) is 0 Å². The first-order valence-electron chi connectivity index (χ1n) is 7.70. The van der Waals surface area contributed by atoms with E-state index in [2.05, 4.69) is 65.8 Å². The maximum absolute atomic E-state index is 4.75. The van der Waals surface area contributed by atoms with Gasteiger partial charge in [0.1, 0.15) is 0 Å². The van der Waals surface area contributed by atoms with Gasteiger partial charge in [0.15, 0.2) is 0 Å². The average Bonchev–Trinajstić information content (AvgIpc) is 3.31. The van der Waals surface area contributed by atoms with E-state index in [4.69, 9.17) is 4.98 Å². The molecule has 0 bridgehead atoms. The molecule has 21 heavy (non-hydrogen) atoms. The van der Waals surface area contributed by atoms with Gasteiger partial charge in [0, 0.05) is 25.7 Å². The zero-order chi connectivity index (χ0) is 14.5. The van der Waals surface area contributed by atoms with Crippen LogP contribution in [0.3, 0.4) is 0 Å². The Bertz CT molecular complexity index is 564. The third kappa shape index (κ3) is 4.66. The fraction of sp³-hybridized carbons (Fsp3) is 0.389. The molecule has 0 spiro atoms. The molecule has 0 amide bonds. The molecule has 1 N–H and O–H groups in total. The number of hydrogen-bond acceptors (Lipinski definition) is 3. The summed E-state index contributed by atoms with van der Waals surface area (Å²) in [5, 5.41) is 3.52. The van der Waals surface area contributed by atoms with Crippen LogP contribution in [0.2, 0.25) is 0 Å². The molecule has 0 atom stereocenters. The van der Waals surface area contributed by atoms with Crippen molar-refractivity contribution in [3.05, 3.63) is 65.5 Å². The van der Waals surface area contributed by atoms with Gasteiger partial charge in [-0.1, -0.05) is 36.4 Å². The highest BCUT2D eigenvalue weighted by atomic mass is 15.1. The van der Waals surface area contributed by atoms with E-state index in [1.165, 1.54) is 18.4 Å². The first kappa shape index (κ1) is 14.2. The highest BCUT2D eigenvalue weighted by Gasteiger charge is 2.20. The topological polar surface area (TPSA) is 28.2 Å². The molecule has 0 radical (unpaired) electrons. The maximum Gasteiger partial charge on any atom is 0.0547 e. The number of aromatic nitrogens is 1. The SMILES string of the molecule is CN(Cc1ccccc1)Cc1cccc(CNC2CC2)n1. The van der Waals surface area contributed by atoms with Gasteiger partial charge in [0.25, 0.3) is 0 Å². The van der Waals surface area contributed by atoms with Crippen LogP contribution < -0.4 is 5.32 Å². The standard InChI is InChI=1S/C18H23N3/c1-21(13-15-6-3-2-4-7-15)14-18-9-5-8-17(20-18)12-19-16-10-11-16/h2-9,16,19H,10-14H2,1H3. The van der Waals surface area contributed by atoms with Gasteiger partial charge in [-0.3, -0.25) is 9.88 Å². The molecule has 0 aliphatic heterocycles. The molecule has 3 heteroatoms. The Hall–Kier alpha value is -1.71. The number of hydrogen-bond donors (Lipinski definition) is 1. The van der Waals surface area contributed by atoms with Crippen LogP contribution in [-0.4, -0.2) is 23.0 Å². The summed E-state index contributed by atoms with van der Waals surface area (Å²) in [5.41, 5.74) is 3.63. The van der Waals surface area contributed by atoms with E-state index >= 15 is 0 Å². The van der Waals surface area contributed by atoms with Crippen LogP contribution in [0, 0.1) is 0 Å². The molecule has 1 saturated carbocycles. The highest BCUT2D eigenvalue weighted by molar-refractivity contribution is 5.15. The van der Waals surface area contributed by atoms with Crippen LogP contribution in [0.1, 0.15) is 29.8 Å². The molecule has 1 fully saturated rings. The number of nitrogens with one attached hydrogen (secondary N) is 1. The predicted molar refractivity (Wildman–Crippen MR) is 85.7 cm³/mol. The monoisotopic (exact) mass is 281 g/mol. The molecule has 3 nitrogen and oxygen atoms in total. The van der Waals surface area contributed by atoms with E-state index in [0.717, 1.165) is 37.1 Å². The normalized spacial score (nSPS) is 14.6. The second-order valence-corrected chi connectivity index (χ2v) is 5.93. The number of pyridine rings is 1. The Morgan fingerprint density at radius 2 is 1.76 bits per heavy atom. The second kappa shape index (κ2) is 6.83. The Morgan fingerprint density at radius 3 is 2.52 bits per heavy atom. The van der Waals surface area contributed by atoms with Crippen LogP contribution >= 0.6 is 0 Å². The number of benzene rings is 1. The van der Waals surface area contributed by atoms with Crippen molar-refractivity contribution >= 4 is 0 Å². The second-order valence-electron chi connectivity index (χ2n) is 5.93. The molecule has 1 aliphatic carbocycles.